The van der Waals surface area contributed by atoms with Crippen molar-refractivity contribution < 1.29 is 0 Å². The van der Waals surface area contributed by atoms with Gasteiger partial charge in [-0.05, 0) is 44.5 Å². The molecule has 2 aromatic heterocycles. The number of nitrogens with zero attached hydrogens (tertiary/aromatic N) is 4. The first-order valence-corrected chi connectivity index (χ1v) is 7.46. The number of H-pyrrole nitrogens is 1. The van der Waals surface area contributed by atoms with Gasteiger partial charge in [0.1, 0.15) is 5.82 Å². The maximum atomic E-state index is 5.92. The number of aromatic amines is 1. The van der Waals surface area contributed by atoms with Crippen molar-refractivity contribution >= 4 is 28.5 Å². The monoisotopic (exact) mass is 294 g/mol. The molecule has 2 aromatic rings. The molecule has 0 aliphatic carbocycles. The Kier molecular flexibility index (Phi) is 4.03. The zero-order valence-corrected chi connectivity index (χ0v) is 12.3. The van der Waals surface area contributed by atoms with E-state index in [-0.39, 0.29) is 5.28 Å². The summed E-state index contributed by atoms with van der Waals surface area (Å²) in [6, 6.07) is 0.478. The summed E-state index contributed by atoms with van der Waals surface area (Å²) < 4.78 is 0. The van der Waals surface area contributed by atoms with Gasteiger partial charge in [-0.1, -0.05) is 6.42 Å². The highest BCUT2D eigenvalue weighted by Crippen LogP contribution is 2.20. The minimum Gasteiger partial charge on any atom is -0.368 e. The van der Waals surface area contributed by atoms with Crippen LogP contribution in [-0.4, -0.2) is 50.7 Å². The van der Waals surface area contributed by atoms with Crippen LogP contribution in [-0.2, 0) is 0 Å². The number of aromatic nitrogens is 4. The molecular weight excluding hydrogens is 276 g/mol. The Morgan fingerprint density at radius 3 is 2.95 bits per heavy atom. The standard InChI is InChI=1S/C13H19ClN6/c1-9(20-5-3-2-4-6-20)7-15-11-10-8-16-19-12(10)18-13(14)17-11/h8-9H,2-7H2,1H3,(H2,15,16,17,18,19). The molecule has 1 atom stereocenters. The summed E-state index contributed by atoms with van der Waals surface area (Å²) in [6.07, 6.45) is 5.68. The topological polar surface area (TPSA) is 69.7 Å². The molecule has 1 fully saturated rings. The van der Waals surface area contributed by atoms with Crippen molar-refractivity contribution in [2.75, 3.05) is 25.0 Å². The fourth-order valence-corrected chi connectivity index (χ4v) is 2.84. The van der Waals surface area contributed by atoms with Gasteiger partial charge in [-0.25, -0.2) is 0 Å². The third kappa shape index (κ3) is 2.86. The van der Waals surface area contributed by atoms with Crippen molar-refractivity contribution in [2.45, 2.75) is 32.2 Å². The minimum atomic E-state index is 0.231. The number of likely N-dealkylation sites (tertiary alicyclic amines) is 1. The van der Waals surface area contributed by atoms with Crippen LogP contribution >= 0.6 is 11.6 Å². The first-order chi connectivity index (χ1) is 9.74. The molecule has 7 heteroatoms. The SMILES string of the molecule is CC(CNc1nc(Cl)nc2[nH]ncc12)N1CCCCC1. The van der Waals surface area contributed by atoms with Crippen molar-refractivity contribution in [3.8, 4) is 0 Å². The van der Waals surface area contributed by atoms with Gasteiger partial charge in [-0.3, -0.25) is 10.00 Å². The van der Waals surface area contributed by atoms with Crippen molar-refractivity contribution in [3.05, 3.63) is 11.5 Å². The second-order valence-corrected chi connectivity index (χ2v) is 5.64. The molecule has 3 rings (SSSR count). The number of anilines is 1. The third-order valence-corrected chi connectivity index (χ3v) is 4.03. The maximum Gasteiger partial charge on any atom is 0.226 e. The molecule has 20 heavy (non-hydrogen) atoms. The van der Waals surface area contributed by atoms with Crippen LogP contribution in [0.2, 0.25) is 5.28 Å². The smallest absolute Gasteiger partial charge is 0.226 e. The molecule has 1 saturated heterocycles. The molecule has 0 saturated carbocycles. The van der Waals surface area contributed by atoms with Crippen LogP contribution in [0.1, 0.15) is 26.2 Å². The normalized spacial score (nSPS) is 18.3. The van der Waals surface area contributed by atoms with Crippen molar-refractivity contribution in [1.29, 1.82) is 0 Å². The Labute approximate surface area is 122 Å². The molecule has 0 aromatic carbocycles. The van der Waals surface area contributed by atoms with E-state index < -0.39 is 0 Å². The lowest BCUT2D eigenvalue weighted by atomic mass is 10.1. The van der Waals surface area contributed by atoms with E-state index >= 15 is 0 Å². The molecule has 0 spiro atoms. The lowest BCUT2D eigenvalue weighted by molar-refractivity contribution is 0.180. The van der Waals surface area contributed by atoms with Gasteiger partial charge in [0.25, 0.3) is 0 Å². The van der Waals surface area contributed by atoms with Crippen molar-refractivity contribution in [3.63, 3.8) is 0 Å². The summed E-state index contributed by atoms with van der Waals surface area (Å²) >= 11 is 5.92. The van der Waals surface area contributed by atoms with Gasteiger partial charge in [-0.2, -0.15) is 15.1 Å². The van der Waals surface area contributed by atoms with Crippen LogP contribution in [0, 0.1) is 0 Å². The molecular formula is C13H19ClN6. The average Bonchev–Trinajstić information content (AvgIpc) is 2.93. The molecule has 0 radical (unpaired) electrons. The van der Waals surface area contributed by atoms with Gasteiger partial charge in [0, 0.05) is 12.6 Å². The van der Waals surface area contributed by atoms with E-state index in [0.717, 1.165) is 17.7 Å². The highest BCUT2D eigenvalue weighted by atomic mass is 35.5. The van der Waals surface area contributed by atoms with E-state index in [9.17, 15) is 0 Å². The number of halogens is 1. The van der Waals surface area contributed by atoms with E-state index in [2.05, 4.69) is 37.3 Å². The molecule has 1 unspecified atom stereocenters. The van der Waals surface area contributed by atoms with Crippen molar-refractivity contribution in [1.82, 2.24) is 25.1 Å². The van der Waals surface area contributed by atoms with Gasteiger partial charge in [0.2, 0.25) is 5.28 Å². The molecule has 6 nitrogen and oxygen atoms in total. The summed E-state index contributed by atoms with van der Waals surface area (Å²) in [4.78, 5) is 10.9. The van der Waals surface area contributed by atoms with E-state index in [4.69, 9.17) is 11.6 Å². The van der Waals surface area contributed by atoms with Gasteiger partial charge in [0.15, 0.2) is 5.65 Å². The van der Waals surface area contributed by atoms with E-state index in [0.29, 0.717) is 11.7 Å². The Morgan fingerprint density at radius 2 is 2.15 bits per heavy atom. The van der Waals surface area contributed by atoms with E-state index in [1.165, 1.54) is 32.4 Å². The van der Waals surface area contributed by atoms with Crippen LogP contribution in [0.5, 0.6) is 0 Å². The van der Waals surface area contributed by atoms with Crippen molar-refractivity contribution in [2.24, 2.45) is 0 Å². The summed E-state index contributed by atoms with van der Waals surface area (Å²) in [5, 5.41) is 11.3. The van der Waals surface area contributed by atoms with Crippen LogP contribution in [0.25, 0.3) is 11.0 Å². The molecule has 1 aliphatic rings. The minimum absolute atomic E-state index is 0.231. The largest absolute Gasteiger partial charge is 0.368 e. The number of hydrogen-bond donors (Lipinski definition) is 2. The third-order valence-electron chi connectivity index (χ3n) is 3.86. The molecule has 1 aliphatic heterocycles. The number of fused-ring (bicyclic) bond motifs is 1. The second-order valence-electron chi connectivity index (χ2n) is 5.30. The molecule has 2 N–H and O–H groups in total. The van der Waals surface area contributed by atoms with E-state index in [1.807, 2.05) is 0 Å². The number of piperidine rings is 1. The fourth-order valence-electron chi connectivity index (χ4n) is 2.67. The van der Waals surface area contributed by atoms with Gasteiger partial charge in [-0.15, -0.1) is 0 Å². The van der Waals surface area contributed by atoms with E-state index in [1.54, 1.807) is 6.20 Å². The highest BCUT2D eigenvalue weighted by molar-refractivity contribution is 6.28. The molecule has 0 amide bonds. The Hall–Kier alpha value is -1.40. The van der Waals surface area contributed by atoms with Gasteiger partial charge in [0.05, 0.1) is 11.6 Å². The molecule has 3 heterocycles. The Morgan fingerprint density at radius 1 is 1.35 bits per heavy atom. The number of nitrogens with one attached hydrogen (secondary N) is 2. The first-order valence-electron chi connectivity index (χ1n) is 7.08. The highest BCUT2D eigenvalue weighted by Gasteiger charge is 2.17. The van der Waals surface area contributed by atoms with Crippen LogP contribution in [0.15, 0.2) is 6.20 Å². The zero-order chi connectivity index (χ0) is 13.9. The summed E-state index contributed by atoms with van der Waals surface area (Å²) in [6.45, 7) is 5.46. The number of hydrogen-bond acceptors (Lipinski definition) is 5. The lowest BCUT2D eigenvalue weighted by Gasteiger charge is -2.32. The van der Waals surface area contributed by atoms with Gasteiger partial charge < -0.3 is 5.32 Å². The second kappa shape index (κ2) is 5.93. The maximum absolute atomic E-state index is 5.92. The number of rotatable bonds is 4. The summed E-state index contributed by atoms with van der Waals surface area (Å²) in [7, 11) is 0. The van der Waals surface area contributed by atoms with Crippen LogP contribution in [0.4, 0.5) is 5.82 Å². The predicted molar refractivity (Wildman–Crippen MR) is 80.1 cm³/mol. The van der Waals surface area contributed by atoms with Crippen LogP contribution in [0.3, 0.4) is 0 Å². The zero-order valence-electron chi connectivity index (χ0n) is 11.6. The molecule has 108 valence electrons. The quantitative estimate of drug-likeness (QED) is 0.847. The summed E-state index contributed by atoms with van der Waals surface area (Å²) in [5.74, 6) is 0.748. The Bertz CT molecular complexity index is 577. The Balaban J connectivity index is 1.68. The van der Waals surface area contributed by atoms with Crippen LogP contribution < -0.4 is 5.32 Å². The van der Waals surface area contributed by atoms with Gasteiger partial charge >= 0.3 is 0 Å². The lowest BCUT2D eigenvalue weighted by Crippen LogP contribution is -2.41. The summed E-state index contributed by atoms with van der Waals surface area (Å²) in [5.41, 5.74) is 0.665. The average molecular weight is 295 g/mol. The molecule has 0 bridgehead atoms. The first kappa shape index (κ1) is 13.6. The fraction of sp³-hybridized carbons (Fsp3) is 0.615. The predicted octanol–water partition coefficient (Wildman–Crippen LogP) is 2.29.